The highest BCUT2D eigenvalue weighted by Gasteiger charge is 2.35. The quantitative estimate of drug-likeness (QED) is 0.157. The minimum atomic E-state index is -0.778. The summed E-state index contributed by atoms with van der Waals surface area (Å²) in [5.41, 5.74) is 11.6. The van der Waals surface area contributed by atoms with Crippen molar-refractivity contribution in [2.24, 2.45) is 5.73 Å². The summed E-state index contributed by atoms with van der Waals surface area (Å²) in [6.07, 6.45) is 13.8. The van der Waals surface area contributed by atoms with Gasteiger partial charge in [-0.05, 0) is 67.9 Å². The number of hydrogen-bond donors (Lipinski definition) is 1. The van der Waals surface area contributed by atoms with Crippen LogP contribution in [0.3, 0.4) is 0 Å². The molecule has 1 saturated heterocycles. The summed E-state index contributed by atoms with van der Waals surface area (Å²) >= 11 is 0. The van der Waals surface area contributed by atoms with Crippen molar-refractivity contribution in [2.45, 2.75) is 82.8 Å². The lowest BCUT2D eigenvalue weighted by molar-refractivity contribution is -0.132. The predicted octanol–water partition coefficient (Wildman–Crippen LogP) is 4.64. The third kappa shape index (κ3) is 7.40. The summed E-state index contributed by atoms with van der Waals surface area (Å²) in [5, 5.41) is 4.61. The average molecular weight is 636 g/mol. The fraction of sp³-hybridized carbons (Fsp3) is 0.417. The van der Waals surface area contributed by atoms with Crippen LogP contribution in [0.2, 0.25) is 0 Å². The minimum absolute atomic E-state index is 0.181. The Kier molecular flexibility index (Phi) is 9.99. The summed E-state index contributed by atoms with van der Waals surface area (Å²) in [6, 6.07) is 13.2. The van der Waals surface area contributed by atoms with Crippen molar-refractivity contribution in [2.75, 3.05) is 13.1 Å². The number of fused-ring (bicyclic) bond motifs is 2. The number of benzene rings is 2. The van der Waals surface area contributed by atoms with E-state index in [1.165, 1.54) is 4.90 Å². The molecule has 2 aliphatic heterocycles. The number of nitrogens with zero attached hydrogens (tertiary/aromatic N) is 6. The molecule has 244 valence electrons. The Bertz CT molecular complexity index is 1760. The van der Waals surface area contributed by atoms with E-state index in [2.05, 4.69) is 10.1 Å². The number of primary amides is 1. The van der Waals surface area contributed by atoms with E-state index in [9.17, 15) is 19.2 Å². The normalized spacial score (nSPS) is 15.6. The highest BCUT2D eigenvalue weighted by Crippen LogP contribution is 2.28. The van der Waals surface area contributed by atoms with Crippen molar-refractivity contribution in [3.63, 3.8) is 0 Å². The van der Waals surface area contributed by atoms with Gasteiger partial charge in [-0.15, -0.1) is 0 Å². The highest BCUT2D eigenvalue weighted by atomic mass is 16.2. The van der Waals surface area contributed by atoms with E-state index in [4.69, 9.17) is 10.7 Å². The van der Waals surface area contributed by atoms with E-state index in [1.54, 1.807) is 6.20 Å². The third-order valence-corrected chi connectivity index (χ3v) is 9.41. The molecule has 2 N–H and O–H groups in total. The van der Waals surface area contributed by atoms with Gasteiger partial charge in [0.1, 0.15) is 12.3 Å². The van der Waals surface area contributed by atoms with Gasteiger partial charge in [-0.1, -0.05) is 37.1 Å². The van der Waals surface area contributed by atoms with Crippen molar-refractivity contribution in [3.05, 3.63) is 77.7 Å². The lowest BCUT2D eigenvalue weighted by Crippen LogP contribution is -2.44. The van der Waals surface area contributed by atoms with Crippen molar-refractivity contribution < 1.29 is 19.2 Å². The number of aromatic nitrogens is 4. The summed E-state index contributed by atoms with van der Waals surface area (Å²) < 4.78 is 2.01. The van der Waals surface area contributed by atoms with Gasteiger partial charge < -0.3 is 20.3 Å². The number of amides is 3. The molecule has 1 atom stereocenters. The molecule has 6 rings (SSSR count). The van der Waals surface area contributed by atoms with Gasteiger partial charge in [-0.3, -0.25) is 24.0 Å². The maximum absolute atomic E-state index is 13.0. The molecule has 0 bridgehead atoms. The number of piperidine rings is 1. The first-order valence-electron chi connectivity index (χ1n) is 16.6. The molecule has 47 heavy (non-hydrogen) atoms. The fourth-order valence-electron chi connectivity index (χ4n) is 6.72. The zero-order valence-electron chi connectivity index (χ0n) is 26.6. The number of aldehydes is 1. The van der Waals surface area contributed by atoms with Crippen LogP contribution in [0.5, 0.6) is 0 Å². The minimum Gasteiger partial charge on any atom is -0.368 e. The Balaban J connectivity index is 0.896. The van der Waals surface area contributed by atoms with Crippen LogP contribution in [0.25, 0.3) is 22.3 Å². The molecule has 4 aromatic rings. The number of rotatable bonds is 14. The van der Waals surface area contributed by atoms with Gasteiger partial charge in [0.25, 0.3) is 5.91 Å². The smallest absolute Gasteiger partial charge is 0.255 e. The Hall–Kier alpha value is -4.93. The van der Waals surface area contributed by atoms with E-state index in [0.717, 1.165) is 97.7 Å². The van der Waals surface area contributed by atoms with Gasteiger partial charge in [0.05, 0.1) is 35.2 Å². The second-order valence-corrected chi connectivity index (χ2v) is 12.6. The zero-order valence-corrected chi connectivity index (χ0v) is 26.6. The van der Waals surface area contributed by atoms with Gasteiger partial charge in [-0.25, -0.2) is 4.98 Å². The van der Waals surface area contributed by atoms with Crippen molar-refractivity contribution in [1.82, 2.24) is 29.5 Å². The van der Waals surface area contributed by atoms with E-state index in [1.807, 2.05) is 64.4 Å². The van der Waals surface area contributed by atoms with E-state index in [-0.39, 0.29) is 30.7 Å². The molecule has 0 saturated carbocycles. The van der Waals surface area contributed by atoms with Crippen molar-refractivity contribution in [1.29, 1.82) is 0 Å². The van der Waals surface area contributed by atoms with Crippen LogP contribution in [-0.2, 0) is 27.3 Å². The van der Waals surface area contributed by atoms with Gasteiger partial charge in [-0.2, -0.15) is 5.10 Å². The van der Waals surface area contributed by atoms with Gasteiger partial charge in [0, 0.05) is 49.8 Å². The van der Waals surface area contributed by atoms with E-state index >= 15 is 0 Å². The topological polar surface area (TPSA) is 144 Å². The number of aryl methyl sites for hydroxylation is 1. The standard InChI is InChI=1S/C36H41N7O4/c37-35(46)33(11-7-19-44)42-23-26-14-13-25(20-29(26)36(42)47)8-3-1-2-4-12-34(45)41-17-15-28(16-18-41)43-24-27(21-39-43)32-22-38-30-9-5-6-10-31(30)40-32/h5-6,9-10,13-14,19-22,24,28,33H,1-4,7-8,11-12,15-18,23H2,(H2,37,46). The molecule has 11 nitrogen and oxygen atoms in total. The summed E-state index contributed by atoms with van der Waals surface area (Å²) in [5.74, 6) is -0.572. The molecular formula is C36H41N7O4. The van der Waals surface area contributed by atoms with Crippen LogP contribution >= 0.6 is 0 Å². The molecule has 3 amide bonds. The maximum atomic E-state index is 13.0. The molecular weight excluding hydrogens is 594 g/mol. The molecule has 11 heteroatoms. The number of carbonyl (C=O) groups is 4. The number of likely N-dealkylation sites (tertiary alicyclic amines) is 1. The SMILES string of the molecule is NC(=O)C(CCC=O)N1Cc2ccc(CCCCCCC(=O)N3CCC(n4cc(-c5cnc6ccccc6n5)cn4)CC3)cc2C1=O. The number of unbranched alkanes of at least 4 members (excludes halogenated alkanes) is 3. The van der Waals surface area contributed by atoms with Gasteiger partial charge >= 0.3 is 0 Å². The summed E-state index contributed by atoms with van der Waals surface area (Å²) in [6.45, 7) is 1.80. The molecule has 4 heterocycles. The van der Waals surface area contributed by atoms with Crippen LogP contribution in [0.15, 0.2) is 61.1 Å². The average Bonchev–Trinajstić information content (AvgIpc) is 3.71. The molecule has 0 radical (unpaired) electrons. The van der Waals surface area contributed by atoms with Crippen molar-refractivity contribution >= 4 is 35.0 Å². The first kappa shape index (κ1) is 32.0. The molecule has 1 fully saturated rings. The Morgan fingerprint density at radius 1 is 1.00 bits per heavy atom. The molecule has 2 aliphatic rings. The monoisotopic (exact) mass is 635 g/mol. The lowest BCUT2D eigenvalue weighted by atomic mass is 10.0. The molecule has 1 unspecified atom stereocenters. The fourth-order valence-corrected chi connectivity index (χ4v) is 6.72. The number of carbonyl (C=O) groups excluding carboxylic acids is 4. The Morgan fingerprint density at radius 2 is 1.79 bits per heavy atom. The van der Waals surface area contributed by atoms with Crippen LogP contribution in [-0.4, -0.2) is 72.7 Å². The molecule has 0 aliphatic carbocycles. The molecule has 0 spiro atoms. The highest BCUT2D eigenvalue weighted by molar-refractivity contribution is 6.01. The van der Waals surface area contributed by atoms with Crippen LogP contribution < -0.4 is 5.73 Å². The first-order chi connectivity index (χ1) is 22.9. The lowest BCUT2D eigenvalue weighted by Gasteiger charge is -2.32. The number of hydrogen-bond acceptors (Lipinski definition) is 7. The Labute approximate surface area is 274 Å². The maximum Gasteiger partial charge on any atom is 0.255 e. The second kappa shape index (κ2) is 14.7. The number of nitrogens with two attached hydrogens (primary N) is 1. The van der Waals surface area contributed by atoms with E-state index < -0.39 is 11.9 Å². The van der Waals surface area contributed by atoms with Crippen LogP contribution in [0.4, 0.5) is 0 Å². The second-order valence-electron chi connectivity index (χ2n) is 12.6. The summed E-state index contributed by atoms with van der Waals surface area (Å²) in [4.78, 5) is 61.4. The van der Waals surface area contributed by atoms with Crippen LogP contribution in [0, 0.1) is 0 Å². The predicted molar refractivity (Wildman–Crippen MR) is 177 cm³/mol. The van der Waals surface area contributed by atoms with E-state index in [0.29, 0.717) is 18.5 Å². The summed E-state index contributed by atoms with van der Waals surface area (Å²) in [7, 11) is 0. The van der Waals surface area contributed by atoms with Gasteiger partial charge in [0.15, 0.2) is 0 Å². The molecule has 2 aromatic carbocycles. The third-order valence-electron chi connectivity index (χ3n) is 9.41. The zero-order chi connectivity index (χ0) is 32.8. The Morgan fingerprint density at radius 3 is 2.57 bits per heavy atom. The first-order valence-corrected chi connectivity index (χ1v) is 16.6. The number of para-hydroxylation sites is 2. The van der Waals surface area contributed by atoms with Crippen molar-refractivity contribution in [3.8, 4) is 11.3 Å². The van der Waals surface area contributed by atoms with Gasteiger partial charge in [0.2, 0.25) is 11.8 Å². The largest absolute Gasteiger partial charge is 0.368 e. The van der Waals surface area contributed by atoms with Crippen LogP contribution in [0.1, 0.15) is 85.3 Å². The molecule has 2 aromatic heterocycles.